The number of likely N-dealkylation sites (N-methyl/N-ethyl adjacent to an activating group) is 1. The highest BCUT2D eigenvalue weighted by Gasteiger charge is 2.28. The maximum atomic E-state index is 4.49. The van der Waals surface area contributed by atoms with Crippen molar-refractivity contribution < 1.29 is 0 Å². The predicted molar refractivity (Wildman–Crippen MR) is 112 cm³/mol. The van der Waals surface area contributed by atoms with Crippen LogP contribution in [0.25, 0.3) is 0 Å². The van der Waals surface area contributed by atoms with Gasteiger partial charge in [0.1, 0.15) is 0 Å². The van der Waals surface area contributed by atoms with E-state index in [1.807, 2.05) is 18.4 Å². The van der Waals surface area contributed by atoms with Crippen molar-refractivity contribution in [2.75, 3.05) is 39.8 Å². The van der Waals surface area contributed by atoms with E-state index < -0.39 is 0 Å². The minimum absolute atomic E-state index is 0. The fourth-order valence-corrected chi connectivity index (χ4v) is 4.01. The van der Waals surface area contributed by atoms with Crippen molar-refractivity contribution >= 4 is 41.3 Å². The average Bonchev–Trinajstić information content (AvgIpc) is 3.21. The molecule has 1 N–H and O–H groups in total. The summed E-state index contributed by atoms with van der Waals surface area (Å²) in [5.74, 6) is 1.58. The van der Waals surface area contributed by atoms with Crippen molar-refractivity contribution in [3.05, 3.63) is 22.4 Å². The maximum Gasteiger partial charge on any atom is 0.193 e. The lowest BCUT2D eigenvalue weighted by atomic mass is 10.1. The molecule has 1 aromatic rings. The molecule has 1 aromatic heterocycles. The van der Waals surface area contributed by atoms with Crippen LogP contribution in [0.5, 0.6) is 0 Å². The summed E-state index contributed by atoms with van der Waals surface area (Å²) in [6, 6.07) is 5.01. The molecule has 2 rings (SSSR count). The van der Waals surface area contributed by atoms with E-state index in [0.29, 0.717) is 12.0 Å². The van der Waals surface area contributed by atoms with Crippen LogP contribution in [0.1, 0.15) is 38.0 Å². The Balaban J connectivity index is 0.00000264. The first-order valence-corrected chi connectivity index (χ1v) is 9.30. The Morgan fingerprint density at radius 3 is 2.78 bits per heavy atom. The Labute approximate surface area is 162 Å². The zero-order valence-corrected chi connectivity index (χ0v) is 17.9. The molecule has 0 aromatic carbocycles. The standard InChI is InChI=1S/C17H30N4S.HI/c1-5-20(6-2)15-9-10-21(13-15)17(18-4)19-12-14(3)16-8-7-11-22-16;/h7-8,11,14-15H,5-6,9-10,12-13H2,1-4H3,(H,18,19);1H. The Bertz CT molecular complexity index is 459. The topological polar surface area (TPSA) is 30.9 Å². The van der Waals surface area contributed by atoms with Crippen molar-refractivity contribution in [1.29, 1.82) is 0 Å². The van der Waals surface area contributed by atoms with Crippen LogP contribution in [0.15, 0.2) is 22.5 Å². The molecule has 2 unspecified atom stereocenters. The summed E-state index contributed by atoms with van der Waals surface area (Å²) < 4.78 is 0. The minimum Gasteiger partial charge on any atom is -0.356 e. The molecule has 0 bridgehead atoms. The van der Waals surface area contributed by atoms with Crippen LogP contribution in [0.4, 0.5) is 0 Å². The summed E-state index contributed by atoms with van der Waals surface area (Å²) in [4.78, 5) is 10.9. The molecule has 132 valence electrons. The Morgan fingerprint density at radius 1 is 1.48 bits per heavy atom. The third kappa shape index (κ3) is 5.60. The van der Waals surface area contributed by atoms with E-state index >= 15 is 0 Å². The molecule has 0 amide bonds. The molecule has 2 atom stereocenters. The van der Waals surface area contributed by atoms with E-state index in [2.05, 4.69) is 58.4 Å². The van der Waals surface area contributed by atoms with Gasteiger partial charge in [0.2, 0.25) is 0 Å². The molecule has 2 heterocycles. The minimum atomic E-state index is 0. The number of aliphatic imine (C=N–C) groups is 1. The van der Waals surface area contributed by atoms with Crippen molar-refractivity contribution in [3.63, 3.8) is 0 Å². The first-order valence-electron chi connectivity index (χ1n) is 8.42. The van der Waals surface area contributed by atoms with Gasteiger partial charge >= 0.3 is 0 Å². The number of guanidine groups is 1. The van der Waals surface area contributed by atoms with E-state index in [4.69, 9.17) is 0 Å². The van der Waals surface area contributed by atoms with Gasteiger partial charge in [0.05, 0.1) is 0 Å². The third-order valence-corrected chi connectivity index (χ3v) is 5.70. The molecular weight excluding hydrogens is 419 g/mol. The summed E-state index contributed by atoms with van der Waals surface area (Å²) in [7, 11) is 1.89. The summed E-state index contributed by atoms with van der Waals surface area (Å²) in [5.41, 5.74) is 0. The number of nitrogens with one attached hydrogen (secondary N) is 1. The molecular formula is C17H31IN4S. The van der Waals surface area contributed by atoms with Crippen LogP contribution in [0.3, 0.4) is 0 Å². The smallest absolute Gasteiger partial charge is 0.193 e. The fraction of sp³-hybridized carbons (Fsp3) is 0.706. The van der Waals surface area contributed by atoms with Crippen LogP contribution >= 0.6 is 35.3 Å². The number of likely N-dealkylation sites (tertiary alicyclic amines) is 1. The van der Waals surface area contributed by atoms with E-state index in [0.717, 1.165) is 38.7 Å². The molecule has 0 aliphatic carbocycles. The summed E-state index contributed by atoms with van der Waals surface area (Å²) in [5, 5.41) is 5.71. The zero-order valence-electron chi connectivity index (χ0n) is 14.8. The third-order valence-electron chi connectivity index (χ3n) is 4.60. The highest BCUT2D eigenvalue weighted by Crippen LogP contribution is 2.20. The lowest BCUT2D eigenvalue weighted by Gasteiger charge is -2.27. The zero-order chi connectivity index (χ0) is 15.9. The largest absolute Gasteiger partial charge is 0.356 e. The molecule has 0 radical (unpaired) electrons. The lowest BCUT2D eigenvalue weighted by Crippen LogP contribution is -2.44. The van der Waals surface area contributed by atoms with Gasteiger partial charge in [-0.25, -0.2) is 0 Å². The van der Waals surface area contributed by atoms with E-state index in [1.54, 1.807) is 0 Å². The number of halogens is 1. The van der Waals surface area contributed by atoms with Gasteiger partial charge in [0.25, 0.3) is 0 Å². The molecule has 1 fully saturated rings. The number of nitrogens with zero attached hydrogens (tertiary/aromatic N) is 3. The van der Waals surface area contributed by atoms with Crippen molar-refractivity contribution in [2.45, 2.75) is 39.2 Å². The van der Waals surface area contributed by atoms with Crippen LogP contribution < -0.4 is 5.32 Å². The second-order valence-corrected chi connectivity index (χ2v) is 6.93. The monoisotopic (exact) mass is 450 g/mol. The van der Waals surface area contributed by atoms with Gasteiger partial charge in [-0.2, -0.15) is 0 Å². The summed E-state index contributed by atoms with van der Waals surface area (Å²) in [6.45, 7) is 12.2. The van der Waals surface area contributed by atoms with E-state index in [1.165, 1.54) is 11.3 Å². The molecule has 1 aliphatic rings. The highest BCUT2D eigenvalue weighted by molar-refractivity contribution is 14.0. The number of hydrogen-bond donors (Lipinski definition) is 1. The first kappa shape index (κ1) is 20.7. The maximum absolute atomic E-state index is 4.49. The van der Waals surface area contributed by atoms with Crippen molar-refractivity contribution in [2.24, 2.45) is 4.99 Å². The molecule has 6 heteroatoms. The van der Waals surface area contributed by atoms with Gasteiger partial charge in [0, 0.05) is 43.5 Å². The molecule has 0 saturated carbocycles. The molecule has 4 nitrogen and oxygen atoms in total. The van der Waals surface area contributed by atoms with E-state index in [9.17, 15) is 0 Å². The van der Waals surface area contributed by atoms with Crippen LogP contribution in [-0.4, -0.2) is 61.6 Å². The van der Waals surface area contributed by atoms with Gasteiger partial charge in [-0.15, -0.1) is 35.3 Å². The average molecular weight is 450 g/mol. The summed E-state index contributed by atoms with van der Waals surface area (Å²) in [6.07, 6.45) is 1.24. The van der Waals surface area contributed by atoms with E-state index in [-0.39, 0.29) is 24.0 Å². The van der Waals surface area contributed by atoms with Crippen molar-refractivity contribution in [1.82, 2.24) is 15.1 Å². The first-order chi connectivity index (χ1) is 10.7. The van der Waals surface area contributed by atoms with Crippen LogP contribution in [0.2, 0.25) is 0 Å². The second kappa shape index (κ2) is 10.5. The molecule has 0 spiro atoms. The predicted octanol–water partition coefficient (Wildman–Crippen LogP) is 3.46. The van der Waals surface area contributed by atoms with Crippen LogP contribution in [0, 0.1) is 0 Å². The normalized spacial score (nSPS) is 19.8. The van der Waals surface area contributed by atoms with Gasteiger partial charge in [-0.05, 0) is 31.0 Å². The molecule has 23 heavy (non-hydrogen) atoms. The van der Waals surface area contributed by atoms with Crippen molar-refractivity contribution in [3.8, 4) is 0 Å². The summed E-state index contributed by atoms with van der Waals surface area (Å²) >= 11 is 1.83. The Morgan fingerprint density at radius 2 is 2.22 bits per heavy atom. The fourth-order valence-electron chi connectivity index (χ4n) is 3.22. The highest BCUT2D eigenvalue weighted by atomic mass is 127. The lowest BCUT2D eigenvalue weighted by molar-refractivity contribution is 0.223. The van der Waals surface area contributed by atoms with Gasteiger partial charge in [-0.1, -0.05) is 26.8 Å². The quantitative estimate of drug-likeness (QED) is 0.409. The Kier molecular flexibility index (Phi) is 9.46. The SMILES string of the molecule is CCN(CC)C1CCN(C(=NC)NCC(C)c2cccs2)C1.I. The number of thiophene rings is 1. The van der Waals surface area contributed by atoms with Gasteiger partial charge < -0.3 is 10.2 Å². The number of rotatable bonds is 6. The molecule has 1 saturated heterocycles. The second-order valence-electron chi connectivity index (χ2n) is 5.95. The Hall–Kier alpha value is -0.340. The van der Waals surface area contributed by atoms with Gasteiger partial charge in [0.15, 0.2) is 5.96 Å². The molecule has 1 aliphatic heterocycles. The van der Waals surface area contributed by atoms with Gasteiger partial charge in [-0.3, -0.25) is 9.89 Å². The number of hydrogen-bond acceptors (Lipinski definition) is 3. The van der Waals surface area contributed by atoms with Crippen LogP contribution in [-0.2, 0) is 0 Å².